The van der Waals surface area contributed by atoms with Crippen molar-refractivity contribution in [2.75, 3.05) is 17.5 Å². The van der Waals surface area contributed by atoms with E-state index < -0.39 is 22.5 Å². The molecule has 0 aromatic heterocycles. The molecule has 2 aromatic carbocycles. The van der Waals surface area contributed by atoms with E-state index in [1.165, 1.54) is 30.3 Å². The molecule has 27 heavy (non-hydrogen) atoms. The van der Waals surface area contributed by atoms with Crippen LogP contribution in [0.2, 0.25) is 10.0 Å². The molecule has 0 saturated carbocycles. The number of rotatable bonds is 8. The lowest BCUT2D eigenvalue weighted by Gasteiger charge is -2.24. The van der Waals surface area contributed by atoms with Crippen LogP contribution >= 0.6 is 23.2 Å². The van der Waals surface area contributed by atoms with Crippen LogP contribution in [0.3, 0.4) is 0 Å². The van der Waals surface area contributed by atoms with Gasteiger partial charge < -0.3 is 4.74 Å². The summed E-state index contributed by atoms with van der Waals surface area (Å²) in [5, 5.41) is 0.185. The second-order valence-electron chi connectivity index (χ2n) is 5.50. The van der Waals surface area contributed by atoms with Crippen LogP contribution in [0.25, 0.3) is 0 Å². The number of carbonyl (C=O) groups excluding carboxylic acids is 1. The van der Waals surface area contributed by atoms with Crippen LogP contribution in [0.1, 0.15) is 13.3 Å². The van der Waals surface area contributed by atoms with E-state index in [4.69, 9.17) is 33.8 Å². The van der Waals surface area contributed by atoms with Crippen molar-refractivity contribution in [2.24, 2.45) is 5.84 Å². The Morgan fingerprint density at radius 1 is 1.19 bits per heavy atom. The molecule has 7 nitrogen and oxygen atoms in total. The predicted molar refractivity (Wildman–Crippen MR) is 106 cm³/mol. The van der Waals surface area contributed by atoms with Gasteiger partial charge in [-0.05, 0) is 48.9 Å². The van der Waals surface area contributed by atoms with Crippen LogP contribution in [-0.2, 0) is 14.8 Å². The van der Waals surface area contributed by atoms with Crippen LogP contribution in [-0.4, -0.2) is 27.5 Å². The zero-order valence-electron chi connectivity index (χ0n) is 14.5. The monoisotopic (exact) mass is 431 g/mol. The highest BCUT2D eigenvalue weighted by molar-refractivity contribution is 7.93. The van der Waals surface area contributed by atoms with Gasteiger partial charge in [-0.25, -0.2) is 14.3 Å². The lowest BCUT2D eigenvalue weighted by Crippen LogP contribution is -2.43. The van der Waals surface area contributed by atoms with Crippen LogP contribution in [0, 0.1) is 0 Å². The minimum absolute atomic E-state index is 0.0135. The molecular formula is C17H19Cl2N3O4S. The van der Waals surface area contributed by atoms with E-state index in [2.05, 4.69) is 0 Å². The maximum Gasteiger partial charge on any atom is 0.266 e. The molecule has 0 spiro atoms. The van der Waals surface area contributed by atoms with Crippen LogP contribution in [0.15, 0.2) is 47.4 Å². The van der Waals surface area contributed by atoms with Crippen molar-refractivity contribution in [1.29, 1.82) is 0 Å². The number of amides is 1. The minimum atomic E-state index is -4.18. The molecular weight excluding hydrogens is 413 g/mol. The average Bonchev–Trinajstić information content (AvgIpc) is 2.66. The van der Waals surface area contributed by atoms with E-state index in [0.717, 1.165) is 10.7 Å². The Balaban J connectivity index is 2.47. The SMILES string of the molecule is CCCOc1ccc(N(CC(=O)NN)S(=O)(=O)c2cc(Cl)ccc2Cl)cc1. The number of hydrogen-bond donors (Lipinski definition) is 2. The van der Waals surface area contributed by atoms with E-state index >= 15 is 0 Å². The molecule has 10 heteroatoms. The van der Waals surface area contributed by atoms with Gasteiger partial charge in [0.1, 0.15) is 17.2 Å². The Bertz CT molecular complexity index is 905. The number of nitrogens with two attached hydrogens (primary N) is 1. The van der Waals surface area contributed by atoms with E-state index in [0.29, 0.717) is 12.4 Å². The summed E-state index contributed by atoms with van der Waals surface area (Å²) in [7, 11) is -4.18. The van der Waals surface area contributed by atoms with Crippen molar-refractivity contribution >= 4 is 44.8 Å². The molecule has 0 radical (unpaired) electrons. The highest BCUT2D eigenvalue weighted by Gasteiger charge is 2.29. The maximum absolute atomic E-state index is 13.1. The highest BCUT2D eigenvalue weighted by Crippen LogP contribution is 2.31. The third-order valence-electron chi connectivity index (χ3n) is 3.51. The first-order valence-corrected chi connectivity index (χ1v) is 10.2. The fraction of sp³-hybridized carbons (Fsp3) is 0.235. The molecule has 2 aromatic rings. The van der Waals surface area contributed by atoms with Crippen LogP contribution in [0.5, 0.6) is 5.75 Å². The first kappa shape index (κ1) is 21.3. The number of hydrogen-bond acceptors (Lipinski definition) is 5. The molecule has 0 bridgehead atoms. The lowest BCUT2D eigenvalue weighted by atomic mass is 10.3. The molecule has 0 aliphatic carbocycles. The van der Waals surface area contributed by atoms with Crippen molar-refractivity contribution in [1.82, 2.24) is 5.43 Å². The van der Waals surface area contributed by atoms with Gasteiger partial charge in [-0.3, -0.25) is 14.5 Å². The summed E-state index contributed by atoms with van der Waals surface area (Å²) in [6.07, 6.45) is 0.839. The van der Waals surface area contributed by atoms with Gasteiger partial charge in [0.15, 0.2) is 0 Å². The number of sulfonamides is 1. The molecule has 2 rings (SSSR count). The summed E-state index contributed by atoms with van der Waals surface area (Å²) in [5.74, 6) is 5.02. The number of ether oxygens (including phenoxy) is 1. The van der Waals surface area contributed by atoms with Crippen molar-refractivity contribution in [2.45, 2.75) is 18.2 Å². The van der Waals surface area contributed by atoms with E-state index in [9.17, 15) is 13.2 Å². The van der Waals surface area contributed by atoms with Gasteiger partial charge >= 0.3 is 0 Å². The van der Waals surface area contributed by atoms with E-state index in [-0.39, 0.29) is 20.6 Å². The third-order valence-corrected chi connectivity index (χ3v) is 6.00. The van der Waals surface area contributed by atoms with Crippen molar-refractivity contribution in [3.05, 3.63) is 52.5 Å². The van der Waals surface area contributed by atoms with Gasteiger partial charge in [-0.1, -0.05) is 30.1 Å². The molecule has 0 atom stereocenters. The molecule has 3 N–H and O–H groups in total. The largest absolute Gasteiger partial charge is 0.494 e. The summed E-state index contributed by atoms with van der Waals surface area (Å²) in [4.78, 5) is 11.6. The summed E-state index contributed by atoms with van der Waals surface area (Å²) in [5.41, 5.74) is 2.17. The second-order valence-corrected chi connectivity index (χ2v) is 8.17. The fourth-order valence-corrected chi connectivity index (χ4v) is 4.37. The Morgan fingerprint density at radius 3 is 2.44 bits per heavy atom. The minimum Gasteiger partial charge on any atom is -0.494 e. The molecule has 0 unspecified atom stereocenters. The maximum atomic E-state index is 13.1. The van der Waals surface area contributed by atoms with Gasteiger partial charge in [-0.2, -0.15) is 0 Å². The lowest BCUT2D eigenvalue weighted by molar-refractivity contribution is -0.119. The number of carbonyl (C=O) groups is 1. The quantitative estimate of drug-likeness (QED) is 0.380. The number of halogens is 2. The van der Waals surface area contributed by atoms with E-state index in [1.54, 1.807) is 12.1 Å². The van der Waals surface area contributed by atoms with Crippen molar-refractivity contribution < 1.29 is 17.9 Å². The Kier molecular flexibility index (Phi) is 7.32. The van der Waals surface area contributed by atoms with E-state index in [1.807, 2.05) is 12.3 Å². The number of nitrogens with zero attached hydrogens (tertiary/aromatic N) is 1. The smallest absolute Gasteiger partial charge is 0.266 e. The zero-order chi connectivity index (χ0) is 20.0. The molecule has 0 fully saturated rings. The standard InChI is InChI=1S/C17H19Cl2N3O4S/c1-2-9-26-14-6-4-13(5-7-14)22(11-17(23)21-20)27(24,25)16-10-12(18)3-8-15(16)19/h3-8,10H,2,9,11,20H2,1H3,(H,21,23). The fourth-order valence-electron chi connectivity index (χ4n) is 2.21. The van der Waals surface area contributed by atoms with Gasteiger partial charge in [0.05, 0.1) is 17.3 Å². The van der Waals surface area contributed by atoms with Crippen molar-refractivity contribution in [3.8, 4) is 5.75 Å². The second kappa shape index (κ2) is 9.27. The molecule has 146 valence electrons. The highest BCUT2D eigenvalue weighted by atomic mass is 35.5. The molecule has 0 heterocycles. The summed E-state index contributed by atoms with van der Waals surface area (Å²) in [6.45, 7) is 1.98. The average molecular weight is 432 g/mol. The van der Waals surface area contributed by atoms with Gasteiger partial charge in [0.25, 0.3) is 15.9 Å². The summed E-state index contributed by atoms with van der Waals surface area (Å²) in [6, 6.07) is 10.4. The zero-order valence-corrected chi connectivity index (χ0v) is 16.8. The van der Waals surface area contributed by atoms with Crippen LogP contribution < -0.4 is 20.3 Å². The first-order valence-electron chi connectivity index (χ1n) is 7.99. The predicted octanol–water partition coefficient (Wildman–Crippen LogP) is 2.97. The van der Waals surface area contributed by atoms with Gasteiger partial charge in [0, 0.05) is 5.02 Å². The molecule has 0 saturated heterocycles. The third kappa shape index (κ3) is 5.26. The number of anilines is 1. The molecule has 0 aliphatic heterocycles. The van der Waals surface area contributed by atoms with Gasteiger partial charge in [-0.15, -0.1) is 0 Å². The van der Waals surface area contributed by atoms with Crippen molar-refractivity contribution in [3.63, 3.8) is 0 Å². The number of hydrazine groups is 1. The number of nitrogens with one attached hydrogen (secondary N) is 1. The summed E-state index contributed by atoms with van der Waals surface area (Å²) >= 11 is 12.0. The first-order chi connectivity index (χ1) is 12.8. The van der Waals surface area contributed by atoms with Crippen LogP contribution in [0.4, 0.5) is 5.69 Å². The summed E-state index contributed by atoms with van der Waals surface area (Å²) < 4.78 is 32.7. The Morgan fingerprint density at radius 2 is 1.85 bits per heavy atom. The normalized spacial score (nSPS) is 11.1. The topological polar surface area (TPSA) is 102 Å². The molecule has 1 amide bonds. The Labute approximate surface area is 168 Å². The number of benzene rings is 2. The Hall–Kier alpha value is -2.00. The van der Waals surface area contributed by atoms with Gasteiger partial charge in [0.2, 0.25) is 0 Å². The molecule has 0 aliphatic rings.